The second kappa shape index (κ2) is 9.92. The number of aliphatic hydroxyl groups excluding tert-OH is 1. The third-order valence-electron chi connectivity index (χ3n) is 1.60. The van der Waals surface area contributed by atoms with Gasteiger partial charge in [-0.05, 0) is 12.2 Å². The van der Waals surface area contributed by atoms with Gasteiger partial charge in [-0.2, -0.15) is 0 Å². The van der Waals surface area contributed by atoms with E-state index < -0.39 is 0 Å². The molecule has 0 radical (unpaired) electrons. The summed E-state index contributed by atoms with van der Waals surface area (Å²) in [7, 11) is 4.98. The number of hydrogen-bond donors (Lipinski definition) is 1. The quantitative estimate of drug-likeness (QED) is 0.683. The van der Waals surface area contributed by atoms with Crippen molar-refractivity contribution in [2.24, 2.45) is 0 Å². The van der Waals surface area contributed by atoms with E-state index in [4.69, 9.17) is 5.11 Å². The fourth-order valence-corrected chi connectivity index (χ4v) is 0.599. The van der Waals surface area contributed by atoms with E-state index >= 15 is 0 Å². The lowest BCUT2D eigenvalue weighted by Crippen LogP contribution is -2.27. The first kappa shape index (κ1) is 16.8. The highest BCUT2D eigenvalue weighted by Crippen LogP contribution is 1.82. The summed E-state index contributed by atoms with van der Waals surface area (Å²) in [6.45, 7) is 6.94. The van der Waals surface area contributed by atoms with E-state index in [-0.39, 0.29) is 18.4 Å². The normalized spacial score (nSPS) is 8.25. The van der Waals surface area contributed by atoms with Gasteiger partial charge in [0.25, 0.3) is 0 Å². The van der Waals surface area contributed by atoms with Gasteiger partial charge >= 0.3 is 0 Å². The van der Waals surface area contributed by atoms with Gasteiger partial charge in [-0.15, -0.1) is 0 Å². The molecule has 0 saturated heterocycles. The monoisotopic (exact) mass is 228 g/mol. The number of nitrogens with zero attached hydrogens (tertiary/aromatic N) is 2. The van der Waals surface area contributed by atoms with Crippen molar-refractivity contribution in [3.63, 3.8) is 0 Å². The first-order chi connectivity index (χ1) is 7.40. The van der Waals surface area contributed by atoms with Crippen LogP contribution in [0.15, 0.2) is 25.3 Å². The number of carbonyl (C=O) groups excluding carboxylic acids is 2. The number of likely N-dealkylation sites (N-methyl/N-ethyl adjacent to an activating group) is 2. The minimum absolute atomic E-state index is 0.00389. The SMILES string of the molecule is C=CC(=O)N(C)C.C=CC(=O)N(C)CCO. The van der Waals surface area contributed by atoms with E-state index in [9.17, 15) is 9.59 Å². The minimum atomic E-state index is -0.163. The van der Waals surface area contributed by atoms with Crippen LogP contribution in [0.3, 0.4) is 0 Å². The highest BCUT2D eigenvalue weighted by Gasteiger charge is 2.00. The second-order valence-electron chi connectivity index (χ2n) is 3.12. The van der Waals surface area contributed by atoms with Crippen molar-refractivity contribution in [1.29, 1.82) is 0 Å². The lowest BCUT2D eigenvalue weighted by molar-refractivity contribution is -0.125. The van der Waals surface area contributed by atoms with E-state index in [0.717, 1.165) is 0 Å². The maximum atomic E-state index is 10.6. The maximum Gasteiger partial charge on any atom is 0.245 e. The van der Waals surface area contributed by atoms with Crippen LogP contribution < -0.4 is 0 Å². The molecule has 1 N–H and O–H groups in total. The van der Waals surface area contributed by atoms with E-state index in [2.05, 4.69) is 13.2 Å². The van der Waals surface area contributed by atoms with Gasteiger partial charge < -0.3 is 14.9 Å². The molecule has 0 aliphatic heterocycles. The molecule has 0 fully saturated rings. The molecular formula is C11H20N2O3. The second-order valence-corrected chi connectivity index (χ2v) is 3.12. The molecule has 0 spiro atoms. The summed E-state index contributed by atoms with van der Waals surface area (Å²) >= 11 is 0. The van der Waals surface area contributed by atoms with Gasteiger partial charge in [-0.3, -0.25) is 9.59 Å². The van der Waals surface area contributed by atoms with Gasteiger partial charge in [0, 0.05) is 27.7 Å². The molecule has 5 heteroatoms. The molecule has 0 aliphatic rings. The van der Waals surface area contributed by atoms with E-state index in [1.54, 1.807) is 21.1 Å². The van der Waals surface area contributed by atoms with Crippen molar-refractivity contribution >= 4 is 11.8 Å². The summed E-state index contributed by atoms with van der Waals surface area (Å²) in [4.78, 5) is 23.8. The molecule has 2 amide bonds. The van der Waals surface area contributed by atoms with Gasteiger partial charge in [0.15, 0.2) is 0 Å². The number of amides is 2. The Labute approximate surface area is 96.7 Å². The van der Waals surface area contributed by atoms with Crippen LogP contribution in [0.25, 0.3) is 0 Å². The van der Waals surface area contributed by atoms with E-state index in [1.165, 1.54) is 22.0 Å². The number of hydrogen-bond acceptors (Lipinski definition) is 3. The topological polar surface area (TPSA) is 60.9 Å². The summed E-state index contributed by atoms with van der Waals surface area (Å²) in [5.74, 6) is -0.218. The summed E-state index contributed by atoms with van der Waals surface area (Å²) < 4.78 is 0. The Balaban J connectivity index is 0. The van der Waals surface area contributed by atoms with Crippen LogP contribution in [0.2, 0.25) is 0 Å². The third-order valence-corrected chi connectivity index (χ3v) is 1.60. The van der Waals surface area contributed by atoms with Crippen molar-refractivity contribution in [1.82, 2.24) is 9.80 Å². The van der Waals surface area contributed by atoms with Crippen molar-refractivity contribution in [3.05, 3.63) is 25.3 Å². The average Bonchev–Trinajstić information content (AvgIpc) is 2.27. The first-order valence-electron chi connectivity index (χ1n) is 4.72. The van der Waals surface area contributed by atoms with Crippen LogP contribution in [-0.2, 0) is 9.59 Å². The highest BCUT2D eigenvalue weighted by atomic mass is 16.3. The van der Waals surface area contributed by atoms with Crippen LogP contribution >= 0.6 is 0 Å². The number of aliphatic hydroxyl groups is 1. The fourth-order valence-electron chi connectivity index (χ4n) is 0.599. The predicted molar refractivity (Wildman–Crippen MR) is 63.8 cm³/mol. The molecule has 0 aromatic heterocycles. The molecular weight excluding hydrogens is 208 g/mol. The summed E-state index contributed by atoms with van der Waals surface area (Å²) in [6, 6.07) is 0. The van der Waals surface area contributed by atoms with Crippen LogP contribution in [0.4, 0.5) is 0 Å². The smallest absolute Gasteiger partial charge is 0.245 e. The van der Waals surface area contributed by atoms with Crippen molar-refractivity contribution in [2.45, 2.75) is 0 Å². The number of rotatable bonds is 4. The van der Waals surface area contributed by atoms with Gasteiger partial charge in [0.05, 0.1) is 6.61 Å². The molecule has 92 valence electrons. The first-order valence-corrected chi connectivity index (χ1v) is 4.72. The zero-order valence-corrected chi connectivity index (χ0v) is 10.1. The van der Waals surface area contributed by atoms with Crippen LogP contribution in [-0.4, -0.2) is 61.0 Å². The van der Waals surface area contributed by atoms with E-state index in [1.807, 2.05) is 0 Å². The van der Waals surface area contributed by atoms with Gasteiger partial charge in [0.2, 0.25) is 11.8 Å². The van der Waals surface area contributed by atoms with Crippen molar-refractivity contribution in [2.75, 3.05) is 34.3 Å². The largest absolute Gasteiger partial charge is 0.395 e. The summed E-state index contributed by atoms with van der Waals surface area (Å²) in [5.41, 5.74) is 0. The van der Waals surface area contributed by atoms with Crippen LogP contribution in [0.1, 0.15) is 0 Å². The molecule has 0 unspecified atom stereocenters. The Morgan fingerprint density at radius 1 is 1.12 bits per heavy atom. The summed E-state index contributed by atoms with van der Waals surface area (Å²) in [5, 5.41) is 8.35. The average molecular weight is 228 g/mol. The van der Waals surface area contributed by atoms with Crippen LogP contribution in [0, 0.1) is 0 Å². The highest BCUT2D eigenvalue weighted by molar-refractivity contribution is 5.86. The molecule has 5 nitrogen and oxygen atoms in total. The lowest BCUT2D eigenvalue weighted by Gasteiger charge is -2.11. The van der Waals surface area contributed by atoms with Gasteiger partial charge in [-0.1, -0.05) is 13.2 Å². The minimum Gasteiger partial charge on any atom is -0.395 e. The Bertz CT molecular complexity index is 250. The molecule has 0 aliphatic carbocycles. The summed E-state index contributed by atoms with van der Waals surface area (Å²) in [6.07, 6.45) is 2.50. The van der Waals surface area contributed by atoms with Gasteiger partial charge in [0.1, 0.15) is 0 Å². The Kier molecular flexibility index (Phi) is 10.4. The molecule has 0 heterocycles. The zero-order valence-electron chi connectivity index (χ0n) is 10.1. The number of carbonyl (C=O) groups is 2. The molecule has 0 aromatic rings. The lowest BCUT2D eigenvalue weighted by atomic mass is 10.5. The fraction of sp³-hybridized carbons (Fsp3) is 0.455. The predicted octanol–water partition coefficient (Wildman–Crippen LogP) is -0.116. The molecule has 0 atom stereocenters. The molecule has 0 aromatic carbocycles. The van der Waals surface area contributed by atoms with Crippen LogP contribution in [0.5, 0.6) is 0 Å². The van der Waals surface area contributed by atoms with Crippen molar-refractivity contribution in [3.8, 4) is 0 Å². The molecule has 0 bridgehead atoms. The van der Waals surface area contributed by atoms with Gasteiger partial charge in [-0.25, -0.2) is 0 Å². The Morgan fingerprint density at radius 3 is 1.75 bits per heavy atom. The Hall–Kier alpha value is -1.62. The Morgan fingerprint density at radius 2 is 1.56 bits per heavy atom. The zero-order chi connectivity index (χ0) is 13.1. The standard InChI is InChI=1S/C6H11NO2.C5H9NO/c1-3-6(9)7(2)4-5-8;1-4-5(7)6(2)3/h3,8H,1,4-5H2,2H3;4H,1H2,2-3H3. The maximum absolute atomic E-state index is 10.6. The van der Waals surface area contributed by atoms with E-state index in [0.29, 0.717) is 6.54 Å². The third kappa shape index (κ3) is 8.96. The molecule has 0 saturated carbocycles. The molecule has 16 heavy (non-hydrogen) atoms. The van der Waals surface area contributed by atoms with Crippen molar-refractivity contribution < 1.29 is 14.7 Å². The molecule has 0 rings (SSSR count).